The normalized spacial score (nSPS) is 23.2. The summed E-state index contributed by atoms with van der Waals surface area (Å²) in [4.78, 5) is 0. The van der Waals surface area contributed by atoms with E-state index in [1.807, 2.05) is 0 Å². The van der Waals surface area contributed by atoms with Crippen LogP contribution in [-0.4, -0.2) is 11.7 Å². The Hall–Kier alpha value is -0.560. The standard InChI is InChI=1S/C15H26O/c1-5-12(10-11-16)13-6-8-14(9-7-13)15(2,3)4/h5-6,14,16H,7-11H2,1-4H3/b12-5+. The first-order valence-electron chi connectivity index (χ1n) is 6.44. The number of aliphatic hydroxyl groups is 1. The zero-order valence-electron chi connectivity index (χ0n) is 11.2. The topological polar surface area (TPSA) is 20.2 Å². The summed E-state index contributed by atoms with van der Waals surface area (Å²) in [7, 11) is 0. The predicted octanol–water partition coefficient (Wildman–Crippen LogP) is 4.09. The third-order valence-corrected chi connectivity index (χ3v) is 3.78. The van der Waals surface area contributed by atoms with E-state index in [4.69, 9.17) is 5.11 Å². The van der Waals surface area contributed by atoms with Crippen LogP contribution in [0.15, 0.2) is 23.3 Å². The lowest BCUT2D eigenvalue weighted by Crippen LogP contribution is -2.22. The number of rotatable bonds is 3. The van der Waals surface area contributed by atoms with Crippen molar-refractivity contribution >= 4 is 0 Å². The molecule has 0 aromatic carbocycles. The molecule has 1 atom stereocenters. The van der Waals surface area contributed by atoms with Crippen LogP contribution in [-0.2, 0) is 0 Å². The first kappa shape index (κ1) is 13.5. The van der Waals surface area contributed by atoms with Gasteiger partial charge in [-0.2, -0.15) is 0 Å². The van der Waals surface area contributed by atoms with Gasteiger partial charge in [-0.3, -0.25) is 0 Å². The molecule has 0 aliphatic heterocycles. The zero-order valence-corrected chi connectivity index (χ0v) is 11.2. The highest BCUT2D eigenvalue weighted by Gasteiger charge is 2.26. The minimum Gasteiger partial charge on any atom is -0.396 e. The zero-order chi connectivity index (χ0) is 12.2. The summed E-state index contributed by atoms with van der Waals surface area (Å²) in [6.45, 7) is 9.34. The molecule has 0 aromatic rings. The van der Waals surface area contributed by atoms with Crippen molar-refractivity contribution in [3.63, 3.8) is 0 Å². The SMILES string of the molecule is C/C=C(\CCO)C1=CCC(C(C)(C)C)CC1. The molecular weight excluding hydrogens is 196 g/mol. The first-order chi connectivity index (χ1) is 7.49. The quantitative estimate of drug-likeness (QED) is 0.762. The van der Waals surface area contributed by atoms with Crippen LogP contribution in [0.1, 0.15) is 53.4 Å². The van der Waals surface area contributed by atoms with Gasteiger partial charge in [-0.15, -0.1) is 0 Å². The number of allylic oxidation sites excluding steroid dienone is 3. The Bertz CT molecular complexity index is 278. The summed E-state index contributed by atoms with van der Waals surface area (Å²) in [5.74, 6) is 0.809. The van der Waals surface area contributed by atoms with Gasteiger partial charge in [0.25, 0.3) is 0 Å². The van der Waals surface area contributed by atoms with E-state index in [0.29, 0.717) is 5.41 Å². The molecule has 1 rings (SSSR count). The molecular formula is C15H26O. The minimum atomic E-state index is 0.264. The largest absolute Gasteiger partial charge is 0.396 e. The minimum absolute atomic E-state index is 0.264. The van der Waals surface area contributed by atoms with Crippen molar-refractivity contribution in [2.75, 3.05) is 6.61 Å². The van der Waals surface area contributed by atoms with Crippen LogP contribution in [0.3, 0.4) is 0 Å². The maximum Gasteiger partial charge on any atom is 0.0471 e. The molecule has 1 N–H and O–H groups in total. The van der Waals surface area contributed by atoms with Gasteiger partial charge in [0.15, 0.2) is 0 Å². The van der Waals surface area contributed by atoms with Gasteiger partial charge >= 0.3 is 0 Å². The Labute approximate surface area is 100 Å². The van der Waals surface area contributed by atoms with E-state index in [0.717, 1.165) is 12.3 Å². The molecule has 1 nitrogen and oxygen atoms in total. The Morgan fingerprint density at radius 1 is 1.50 bits per heavy atom. The molecule has 0 spiro atoms. The monoisotopic (exact) mass is 222 g/mol. The van der Waals surface area contributed by atoms with Crippen LogP contribution >= 0.6 is 0 Å². The lowest BCUT2D eigenvalue weighted by molar-refractivity contribution is 0.221. The lowest BCUT2D eigenvalue weighted by Gasteiger charge is -2.33. The molecule has 1 heteroatoms. The Morgan fingerprint density at radius 3 is 2.56 bits per heavy atom. The molecule has 0 fully saturated rings. The average Bonchev–Trinajstić information content (AvgIpc) is 2.25. The van der Waals surface area contributed by atoms with Gasteiger partial charge in [0.05, 0.1) is 0 Å². The van der Waals surface area contributed by atoms with Crippen LogP contribution in [0, 0.1) is 11.3 Å². The third-order valence-electron chi connectivity index (χ3n) is 3.78. The summed E-state index contributed by atoms with van der Waals surface area (Å²) in [5.41, 5.74) is 3.24. The van der Waals surface area contributed by atoms with Gasteiger partial charge in [0, 0.05) is 6.61 Å². The number of hydrogen-bond acceptors (Lipinski definition) is 1. The van der Waals surface area contributed by atoms with Gasteiger partial charge < -0.3 is 5.11 Å². The lowest BCUT2D eigenvalue weighted by atomic mass is 9.72. The smallest absolute Gasteiger partial charge is 0.0471 e. The number of hydrogen-bond donors (Lipinski definition) is 1. The van der Waals surface area contributed by atoms with Crippen molar-refractivity contribution in [2.24, 2.45) is 11.3 Å². The fraction of sp³-hybridized carbons (Fsp3) is 0.733. The van der Waals surface area contributed by atoms with Crippen LogP contribution in [0.5, 0.6) is 0 Å². The summed E-state index contributed by atoms with van der Waals surface area (Å²) >= 11 is 0. The molecule has 1 unspecified atom stereocenters. The van der Waals surface area contributed by atoms with E-state index in [1.165, 1.54) is 30.4 Å². The second-order valence-electron chi connectivity index (χ2n) is 5.85. The maximum absolute atomic E-state index is 9.01. The van der Waals surface area contributed by atoms with E-state index >= 15 is 0 Å². The summed E-state index contributed by atoms with van der Waals surface area (Å²) in [6, 6.07) is 0. The van der Waals surface area contributed by atoms with Crippen molar-refractivity contribution in [3.05, 3.63) is 23.3 Å². The molecule has 16 heavy (non-hydrogen) atoms. The fourth-order valence-corrected chi connectivity index (χ4v) is 2.52. The summed E-state index contributed by atoms with van der Waals surface area (Å²) in [5, 5.41) is 9.01. The van der Waals surface area contributed by atoms with E-state index in [2.05, 4.69) is 39.8 Å². The summed E-state index contributed by atoms with van der Waals surface area (Å²) < 4.78 is 0. The van der Waals surface area contributed by atoms with E-state index in [1.54, 1.807) is 0 Å². The Morgan fingerprint density at radius 2 is 2.19 bits per heavy atom. The van der Waals surface area contributed by atoms with Crippen molar-refractivity contribution < 1.29 is 5.11 Å². The highest BCUT2D eigenvalue weighted by Crippen LogP contribution is 2.38. The molecule has 0 bridgehead atoms. The van der Waals surface area contributed by atoms with Crippen LogP contribution in [0.2, 0.25) is 0 Å². The van der Waals surface area contributed by atoms with Crippen LogP contribution < -0.4 is 0 Å². The van der Waals surface area contributed by atoms with Gasteiger partial charge in [0.1, 0.15) is 0 Å². The second-order valence-corrected chi connectivity index (χ2v) is 5.85. The molecule has 0 heterocycles. The predicted molar refractivity (Wildman–Crippen MR) is 70.3 cm³/mol. The highest BCUT2D eigenvalue weighted by molar-refractivity contribution is 5.32. The van der Waals surface area contributed by atoms with Crippen molar-refractivity contribution in [2.45, 2.75) is 53.4 Å². The Kier molecular flexibility index (Phi) is 4.79. The maximum atomic E-state index is 9.01. The molecule has 0 aromatic heterocycles. The molecule has 0 saturated heterocycles. The molecule has 0 radical (unpaired) electrons. The summed E-state index contributed by atoms with van der Waals surface area (Å²) in [6.07, 6.45) is 9.02. The van der Waals surface area contributed by atoms with Gasteiger partial charge in [-0.1, -0.05) is 32.9 Å². The van der Waals surface area contributed by atoms with E-state index in [9.17, 15) is 0 Å². The fourth-order valence-electron chi connectivity index (χ4n) is 2.52. The second kappa shape index (κ2) is 5.67. The molecule has 0 saturated carbocycles. The van der Waals surface area contributed by atoms with E-state index < -0.39 is 0 Å². The van der Waals surface area contributed by atoms with Crippen molar-refractivity contribution in [1.82, 2.24) is 0 Å². The molecule has 1 aliphatic rings. The van der Waals surface area contributed by atoms with E-state index in [-0.39, 0.29) is 6.61 Å². The van der Waals surface area contributed by atoms with Crippen molar-refractivity contribution in [1.29, 1.82) is 0 Å². The molecule has 1 aliphatic carbocycles. The molecule has 92 valence electrons. The van der Waals surface area contributed by atoms with Crippen molar-refractivity contribution in [3.8, 4) is 0 Å². The first-order valence-corrected chi connectivity index (χ1v) is 6.44. The van der Waals surface area contributed by atoms with Gasteiger partial charge in [0.2, 0.25) is 0 Å². The Balaban J connectivity index is 2.65. The average molecular weight is 222 g/mol. The van der Waals surface area contributed by atoms with Gasteiger partial charge in [-0.25, -0.2) is 0 Å². The molecule has 0 amide bonds. The number of aliphatic hydroxyl groups excluding tert-OH is 1. The highest BCUT2D eigenvalue weighted by atomic mass is 16.2. The third kappa shape index (κ3) is 3.48. The van der Waals surface area contributed by atoms with Crippen LogP contribution in [0.4, 0.5) is 0 Å². The van der Waals surface area contributed by atoms with Crippen LogP contribution in [0.25, 0.3) is 0 Å². The van der Waals surface area contributed by atoms with Gasteiger partial charge in [-0.05, 0) is 55.1 Å².